The van der Waals surface area contributed by atoms with Crippen LogP contribution in [-0.4, -0.2) is 71.5 Å². The normalized spacial score (nSPS) is 22.9. The van der Waals surface area contributed by atoms with Gasteiger partial charge in [0.2, 0.25) is 0 Å². The van der Waals surface area contributed by atoms with Crippen LogP contribution >= 0.6 is 24.0 Å². The number of aromatic nitrogens is 2. The molecule has 2 fully saturated rings. The standard InChI is InChI=1S/C17H26N8O2.HI/c1-17(14(26)23-16(27)24-17)12-3-9-25(10-4-12)15(18-2)22-8-7-21-13-11-19-5-6-20-13;/h5-6,11-12H,3-4,7-10H2,1-2H3,(H,18,22)(H,20,21)(H2,23,24,26,27);1H. The topological polar surface area (TPSA) is 124 Å². The van der Waals surface area contributed by atoms with Crippen LogP contribution in [0, 0.1) is 5.92 Å². The Morgan fingerprint density at radius 1 is 1.32 bits per heavy atom. The van der Waals surface area contributed by atoms with Gasteiger partial charge in [-0.15, -0.1) is 24.0 Å². The fourth-order valence-corrected chi connectivity index (χ4v) is 3.60. The summed E-state index contributed by atoms with van der Waals surface area (Å²) in [6.45, 7) is 4.75. The zero-order valence-corrected chi connectivity index (χ0v) is 18.4. The van der Waals surface area contributed by atoms with Crippen LogP contribution in [0.4, 0.5) is 10.6 Å². The summed E-state index contributed by atoms with van der Waals surface area (Å²) in [5.74, 6) is 1.44. The number of urea groups is 1. The summed E-state index contributed by atoms with van der Waals surface area (Å²) < 4.78 is 0. The third-order valence-corrected chi connectivity index (χ3v) is 5.17. The first-order valence-corrected chi connectivity index (χ1v) is 9.12. The quantitative estimate of drug-likeness (QED) is 0.151. The van der Waals surface area contributed by atoms with Crippen molar-refractivity contribution in [3.05, 3.63) is 18.6 Å². The van der Waals surface area contributed by atoms with Crippen LogP contribution in [0.1, 0.15) is 19.8 Å². The maximum absolute atomic E-state index is 12.1. The molecule has 10 nitrogen and oxygen atoms in total. The van der Waals surface area contributed by atoms with E-state index >= 15 is 0 Å². The molecule has 11 heteroatoms. The third kappa shape index (κ3) is 5.00. The van der Waals surface area contributed by atoms with E-state index in [0.717, 1.165) is 37.7 Å². The summed E-state index contributed by atoms with van der Waals surface area (Å²) in [5.41, 5.74) is -0.819. The van der Waals surface area contributed by atoms with Crippen LogP contribution in [0.25, 0.3) is 0 Å². The van der Waals surface area contributed by atoms with Gasteiger partial charge in [0.15, 0.2) is 5.96 Å². The minimum absolute atomic E-state index is 0. The molecule has 28 heavy (non-hydrogen) atoms. The number of carbonyl (C=O) groups is 2. The summed E-state index contributed by atoms with van der Waals surface area (Å²) >= 11 is 0. The maximum Gasteiger partial charge on any atom is 0.322 e. The molecule has 4 N–H and O–H groups in total. The smallest absolute Gasteiger partial charge is 0.322 e. The average molecular weight is 502 g/mol. The van der Waals surface area contributed by atoms with E-state index in [9.17, 15) is 9.59 Å². The lowest BCUT2D eigenvalue weighted by Crippen LogP contribution is -2.55. The molecule has 3 rings (SSSR count). The molecule has 2 saturated heterocycles. The lowest BCUT2D eigenvalue weighted by molar-refractivity contribution is -0.125. The van der Waals surface area contributed by atoms with Crippen molar-refractivity contribution in [3.63, 3.8) is 0 Å². The highest BCUT2D eigenvalue weighted by atomic mass is 127. The predicted octanol–water partition coefficient (Wildman–Crippen LogP) is 0.392. The molecule has 1 aromatic heterocycles. The Morgan fingerprint density at radius 3 is 2.64 bits per heavy atom. The minimum Gasteiger partial charge on any atom is -0.367 e. The zero-order valence-electron chi connectivity index (χ0n) is 16.1. The Bertz CT molecular complexity index is 708. The van der Waals surface area contributed by atoms with Crippen molar-refractivity contribution in [1.29, 1.82) is 0 Å². The van der Waals surface area contributed by atoms with Gasteiger partial charge >= 0.3 is 6.03 Å². The number of halogens is 1. The van der Waals surface area contributed by atoms with E-state index in [1.54, 1.807) is 32.6 Å². The molecule has 2 aliphatic heterocycles. The van der Waals surface area contributed by atoms with Gasteiger partial charge in [0, 0.05) is 45.6 Å². The Hall–Kier alpha value is -2.18. The molecule has 0 aliphatic carbocycles. The van der Waals surface area contributed by atoms with E-state index in [-0.39, 0.29) is 35.8 Å². The van der Waals surface area contributed by atoms with Gasteiger partial charge in [-0.05, 0) is 25.7 Å². The molecule has 2 aliphatic rings. The predicted molar refractivity (Wildman–Crippen MR) is 117 cm³/mol. The first-order chi connectivity index (χ1) is 13.0. The molecule has 0 aromatic carbocycles. The number of anilines is 1. The van der Waals surface area contributed by atoms with Crippen molar-refractivity contribution in [1.82, 2.24) is 30.8 Å². The number of carbonyl (C=O) groups excluding carboxylic acids is 2. The number of piperidine rings is 1. The van der Waals surface area contributed by atoms with Crippen molar-refractivity contribution < 1.29 is 9.59 Å². The second-order valence-corrected chi connectivity index (χ2v) is 6.86. The van der Waals surface area contributed by atoms with Crippen LogP contribution in [0.2, 0.25) is 0 Å². The van der Waals surface area contributed by atoms with E-state index < -0.39 is 11.6 Å². The van der Waals surface area contributed by atoms with Crippen molar-refractivity contribution in [2.45, 2.75) is 25.3 Å². The highest BCUT2D eigenvalue weighted by molar-refractivity contribution is 14.0. The van der Waals surface area contributed by atoms with Crippen molar-refractivity contribution in [3.8, 4) is 0 Å². The monoisotopic (exact) mass is 502 g/mol. The zero-order chi connectivity index (χ0) is 19.3. The largest absolute Gasteiger partial charge is 0.367 e. The minimum atomic E-state index is -0.819. The number of hydrogen-bond acceptors (Lipinski definition) is 6. The maximum atomic E-state index is 12.1. The molecule has 3 amide bonds. The molecular weight excluding hydrogens is 475 g/mol. The first kappa shape index (κ1) is 22.1. The van der Waals surface area contributed by atoms with Gasteiger partial charge in [-0.25, -0.2) is 9.78 Å². The van der Waals surface area contributed by atoms with Crippen LogP contribution in [-0.2, 0) is 4.79 Å². The SMILES string of the molecule is CN=C(NCCNc1cnccn1)N1CCC(C2(C)NC(=O)NC2=O)CC1.I. The molecule has 0 saturated carbocycles. The average Bonchev–Trinajstić information content (AvgIpc) is 2.95. The number of nitrogens with zero attached hydrogens (tertiary/aromatic N) is 4. The fourth-order valence-electron chi connectivity index (χ4n) is 3.60. The molecule has 0 bridgehead atoms. The molecule has 3 heterocycles. The molecule has 1 atom stereocenters. The summed E-state index contributed by atoms with van der Waals surface area (Å²) in [5, 5.41) is 11.7. The fraction of sp³-hybridized carbons (Fsp3) is 0.588. The Balaban J connectivity index is 0.00000280. The van der Waals surface area contributed by atoms with Crippen LogP contribution < -0.4 is 21.3 Å². The molecule has 1 unspecified atom stereocenters. The number of imide groups is 1. The lowest BCUT2D eigenvalue weighted by Gasteiger charge is -2.39. The van der Waals surface area contributed by atoms with E-state index in [4.69, 9.17) is 0 Å². The number of guanidine groups is 1. The molecule has 1 aromatic rings. The lowest BCUT2D eigenvalue weighted by atomic mass is 9.79. The third-order valence-electron chi connectivity index (χ3n) is 5.17. The van der Waals surface area contributed by atoms with Crippen molar-refractivity contribution >= 4 is 47.7 Å². The van der Waals surface area contributed by atoms with Crippen molar-refractivity contribution in [2.75, 3.05) is 38.5 Å². The first-order valence-electron chi connectivity index (χ1n) is 9.12. The molecule has 154 valence electrons. The highest BCUT2D eigenvalue weighted by Gasteiger charge is 2.48. The van der Waals surface area contributed by atoms with Gasteiger partial charge in [-0.3, -0.25) is 20.1 Å². The summed E-state index contributed by atoms with van der Waals surface area (Å²) in [7, 11) is 1.76. The van der Waals surface area contributed by atoms with Crippen LogP contribution in [0.15, 0.2) is 23.6 Å². The second-order valence-electron chi connectivity index (χ2n) is 6.86. The van der Waals surface area contributed by atoms with E-state index in [1.165, 1.54) is 0 Å². The molecule has 0 radical (unpaired) electrons. The Labute approximate surface area is 181 Å². The molecular formula is C17H27IN8O2. The van der Waals surface area contributed by atoms with Crippen LogP contribution in [0.5, 0.6) is 0 Å². The van der Waals surface area contributed by atoms with Gasteiger partial charge in [0.25, 0.3) is 5.91 Å². The van der Waals surface area contributed by atoms with Crippen LogP contribution in [0.3, 0.4) is 0 Å². The summed E-state index contributed by atoms with van der Waals surface area (Å²) in [6.07, 6.45) is 6.58. The summed E-state index contributed by atoms with van der Waals surface area (Å²) in [4.78, 5) is 38.3. The highest BCUT2D eigenvalue weighted by Crippen LogP contribution is 2.30. The Kier molecular flexibility index (Phi) is 7.78. The number of amides is 3. The van der Waals surface area contributed by atoms with Gasteiger partial charge < -0.3 is 20.9 Å². The molecule has 0 spiro atoms. The second kappa shape index (κ2) is 9.85. The number of aliphatic imine (C=N–C) groups is 1. The van der Waals surface area contributed by atoms with Gasteiger partial charge in [0.1, 0.15) is 11.4 Å². The number of likely N-dealkylation sites (tertiary alicyclic amines) is 1. The number of hydrogen-bond donors (Lipinski definition) is 4. The van der Waals surface area contributed by atoms with Gasteiger partial charge in [-0.1, -0.05) is 0 Å². The summed E-state index contributed by atoms with van der Waals surface area (Å²) in [6, 6.07) is -0.405. The van der Waals surface area contributed by atoms with Gasteiger partial charge in [-0.2, -0.15) is 0 Å². The van der Waals surface area contributed by atoms with E-state index in [0.29, 0.717) is 13.1 Å². The number of nitrogens with one attached hydrogen (secondary N) is 4. The van der Waals surface area contributed by atoms with E-state index in [1.807, 2.05) is 0 Å². The van der Waals surface area contributed by atoms with Gasteiger partial charge in [0.05, 0.1) is 6.20 Å². The Morgan fingerprint density at radius 2 is 2.07 bits per heavy atom. The van der Waals surface area contributed by atoms with E-state index in [2.05, 4.69) is 41.1 Å². The number of rotatable bonds is 5. The van der Waals surface area contributed by atoms with Crippen molar-refractivity contribution in [2.24, 2.45) is 10.9 Å².